The Morgan fingerprint density at radius 2 is 2.00 bits per heavy atom. The number of nitrogens with zero attached hydrogens (tertiary/aromatic N) is 2. The normalized spacial score (nSPS) is 23.5. The minimum absolute atomic E-state index is 0.00370. The summed E-state index contributed by atoms with van der Waals surface area (Å²) >= 11 is 0. The summed E-state index contributed by atoms with van der Waals surface area (Å²) in [6.45, 7) is 4.98. The van der Waals surface area contributed by atoms with E-state index in [-0.39, 0.29) is 42.4 Å². The molecule has 1 aliphatic carbocycles. The minimum Gasteiger partial charge on any atom is -0.486 e. The van der Waals surface area contributed by atoms with E-state index in [0.717, 1.165) is 25.7 Å². The number of fused-ring (bicyclic) bond motifs is 1. The Hall–Kier alpha value is -2.12. The van der Waals surface area contributed by atoms with Gasteiger partial charge in [-0.3, -0.25) is 9.59 Å². The van der Waals surface area contributed by atoms with Crippen molar-refractivity contribution in [3.8, 4) is 5.75 Å². The SMILES string of the molecule is C[C@@H]1CN([C@H](C)CO)C(=O)c2cccc(NC(=O)C3CCCCC3)c2O[C@@H]1CN(C)C. The van der Waals surface area contributed by atoms with Gasteiger partial charge in [-0.2, -0.15) is 0 Å². The van der Waals surface area contributed by atoms with Gasteiger partial charge in [0.25, 0.3) is 5.91 Å². The fraction of sp³-hybridized carbons (Fsp3) is 0.667. The molecule has 0 unspecified atom stereocenters. The number of rotatable bonds is 6. The van der Waals surface area contributed by atoms with E-state index >= 15 is 0 Å². The molecule has 2 amide bonds. The number of carbonyl (C=O) groups is 2. The zero-order valence-corrected chi connectivity index (χ0v) is 19.3. The smallest absolute Gasteiger partial charge is 0.258 e. The largest absolute Gasteiger partial charge is 0.486 e. The zero-order chi connectivity index (χ0) is 22.5. The van der Waals surface area contributed by atoms with Gasteiger partial charge in [-0.1, -0.05) is 32.3 Å². The van der Waals surface area contributed by atoms with E-state index < -0.39 is 0 Å². The predicted octanol–water partition coefficient (Wildman–Crippen LogP) is 2.99. The molecule has 0 spiro atoms. The van der Waals surface area contributed by atoms with Gasteiger partial charge in [0.2, 0.25) is 5.91 Å². The molecule has 3 rings (SSSR count). The summed E-state index contributed by atoms with van der Waals surface area (Å²) in [5.41, 5.74) is 0.980. The van der Waals surface area contributed by atoms with Crippen LogP contribution in [0.3, 0.4) is 0 Å². The van der Waals surface area contributed by atoms with E-state index in [1.54, 1.807) is 17.0 Å². The van der Waals surface area contributed by atoms with Crippen LogP contribution in [-0.2, 0) is 4.79 Å². The molecule has 172 valence electrons. The summed E-state index contributed by atoms with van der Waals surface area (Å²) in [5.74, 6) is 0.321. The van der Waals surface area contributed by atoms with E-state index in [1.807, 2.05) is 27.1 Å². The molecule has 2 aliphatic rings. The maximum Gasteiger partial charge on any atom is 0.258 e. The van der Waals surface area contributed by atoms with Gasteiger partial charge in [-0.05, 0) is 46.0 Å². The Morgan fingerprint density at radius 3 is 2.65 bits per heavy atom. The van der Waals surface area contributed by atoms with Crippen molar-refractivity contribution in [3.63, 3.8) is 0 Å². The second-order valence-corrected chi connectivity index (χ2v) is 9.39. The van der Waals surface area contributed by atoms with Gasteiger partial charge in [0, 0.05) is 24.9 Å². The van der Waals surface area contributed by atoms with E-state index in [4.69, 9.17) is 4.74 Å². The number of carbonyl (C=O) groups excluding carboxylic acids is 2. The first-order valence-corrected chi connectivity index (χ1v) is 11.5. The third-order valence-electron chi connectivity index (χ3n) is 6.47. The van der Waals surface area contributed by atoms with E-state index in [9.17, 15) is 14.7 Å². The summed E-state index contributed by atoms with van der Waals surface area (Å²) < 4.78 is 6.45. The minimum atomic E-state index is -0.304. The summed E-state index contributed by atoms with van der Waals surface area (Å²) in [5, 5.41) is 12.8. The van der Waals surface area contributed by atoms with Crippen molar-refractivity contribution in [2.75, 3.05) is 39.1 Å². The summed E-state index contributed by atoms with van der Waals surface area (Å²) in [6, 6.07) is 5.03. The number of ether oxygens (including phenoxy) is 1. The van der Waals surface area contributed by atoms with Crippen molar-refractivity contribution in [1.29, 1.82) is 0 Å². The molecule has 7 nitrogen and oxygen atoms in total. The highest BCUT2D eigenvalue weighted by molar-refractivity contribution is 6.02. The third kappa shape index (κ3) is 5.57. The summed E-state index contributed by atoms with van der Waals surface area (Å²) in [7, 11) is 3.98. The number of aliphatic hydroxyl groups is 1. The highest BCUT2D eigenvalue weighted by Crippen LogP contribution is 2.36. The number of amides is 2. The molecular formula is C24H37N3O4. The van der Waals surface area contributed by atoms with Gasteiger partial charge in [0.05, 0.1) is 23.9 Å². The number of benzene rings is 1. The lowest BCUT2D eigenvalue weighted by molar-refractivity contribution is -0.120. The lowest BCUT2D eigenvalue weighted by Gasteiger charge is -2.38. The van der Waals surface area contributed by atoms with E-state index in [0.29, 0.717) is 30.1 Å². The van der Waals surface area contributed by atoms with Crippen molar-refractivity contribution in [2.45, 2.75) is 58.1 Å². The van der Waals surface area contributed by atoms with Crippen LogP contribution in [0.25, 0.3) is 0 Å². The van der Waals surface area contributed by atoms with Crippen LogP contribution in [0.5, 0.6) is 5.75 Å². The topological polar surface area (TPSA) is 82.1 Å². The van der Waals surface area contributed by atoms with Crippen molar-refractivity contribution in [1.82, 2.24) is 9.80 Å². The molecular weight excluding hydrogens is 394 g/mol. The van der Waals surface area contributed by atoms with Crippen LogP contribution in [0.1, 0.15) is 56.3 Å². The lowest BCUT2D eigenvalue weighted by Crippen LogP contribution is -2.49. The Labute approximate surface area is 185 Å². The van der Waals surface area contributed by atoms with Gasteiger partial charge < -0.3 is 25.0 Å². The molecule has 1 aliphatic heterocycles. The van der Waals surface area contributed by atoms with Crippen LogP contribution in [0.2, 0.25) is 0 Å². The average molecular weight is 432 g/mol. The number of anilines is 1. The van der Waals surface area contributed by atoms with Gasteiger partial charge >= 0.3 is 0 Å². The molecule has 0 saturated heterocycles. The van der Waals surface area contributed by atoms with Gasteiger partial charge in [0.1, 0.15) is 6.10 Å². The van der Waals surface area contributed by atoms with E-state index in [1.165, 1.54) is 6.42 Å². The van der Waals surface area contributed by atoms with Gasteiger partial charge in [0.15, 0.2) is 5.75 Å². The Kier molecular flexibility index (Phi) is 7.94. The maximum atomic E-state index is 13.4. The molecule has 7 heteroatoms. The summed E-state index contributed by atoms with van der Waals surface area (Å²) in [6.07, 6.45) is 4.99. The molecule has 1 saturated carbocycles. The number of likely N-dealkylation sites (N-methyl/N-ethyl adjacent to an activating group) is 1. The molecule has 2 N–H and O–H groups in total. The van der Waals surface area contributed by atoms with Crippen molar-refractivity contribution >= 4 is 17.5 Å². The average Bonchev–Trinajstić information content (AvgIpc) is 2.76. The first-order valence-electron chi connectivity index (χ1n) is 11.5. The zero-order valence-electron chi connectivity index (χ0n) is 19.3. The van der Waals surface area contributed by atoms with Crippen LogP contribution in [0.15, 0.2) is 18.2 Å². The van der Waals surface area contributed by atoms with Gasteiger partial charge in [-0.25, -0.2) is 0 Å². The second-order valence-electron chi connectivity index (χ2n) is 9.39. The summed E-state index contributed by atoms with van der Waals surface area (Å²) in [4.78, 5) is 30.1. The molecule has 0 bridgehead atoms. The standard InChI is InChI=1S/C24H37N3O4/c1-16-13-27(17(2)15-28)24(30)19-11-8-12-20(22(19)31-21(16)14-26(3)4)25-23(29)18-9-6-5-7-10-18/h8,11-12,16-18,21,28H,5-7,9-10,13-15H2,1-4H3,(H,25,29)/t16-,17-,21-/m1/s1. The van der Waals surface area contributed by atoms with Crippen LogP contribution >= 0.6 is 0 Å². The third-order valence-corrected chi connectivity index (χ3v) is 6.47. The number of para-hydroxylation sites is 1. The van der Waals surface area contributed by atoms with Crippen LogP contribution in [0.4, 0.5) is 5.69 Å². The van der Waals surface area contributed by atoms with Crippen molar-refractivity contribution in [2.24, 2.45) is 11.8 Å². The molecule has 31 heavy (non-hydrogen) atoms. The molecule has 0 aromatic heterocycles. The van der Waals surface area contributed by atoms with Crippen molar-refractivity contribution < 1.29 is 19.4 Å². The number of hydrogen-bond acceptors (Lipinski definition) is 5. The number of hydrogen-bond donors (Lipinski definition) is 2. The molecule has 1 aromatic rings. The predicted molar refractivity (Wildman–Crippen MR) is 121 cm³/mol. The van der Waals surface area contributed by atoms with Crippen LogP contribution in [0, 0.1) is 11.8 Å². The Bertz CT molecular complexity index is 776. The van der Waals surface area contributed by atoms with E-state index in [2.05, 4.69) is 17.1 Å². The Morgan fingerprint density at radius 1 is 1.29 bits per heavy atom. The van der Waals surface area contributed by atoms with Gasteiger partial charge in [-0.15, -0.1) is 0 Å². The maximum absolute atomic E-state index is 13.4. The van der Waals surface area contributed by atoms with Crippen LogP contribution in [-0.4, -0.2) is 72.7 Å². The highest BCUT2D eigenvalue weighted by Gasteiger charge is 2.34. The lowest BCUT2D eigenvalue weighted by atomic mass is 9.88. The molecule has 1 heterocycles. The highest BCUT2D eigenvalue weighted by atomic mass is 16.5. The molecule has 1 aromatic carbocycles. The first-order chi connectivity index (χ1) is 14.8. The monoisotopic (exact) mass is 431 g/mol. The van der Waals surface area contributed by atoms with Crippen molar-refractivity contribution in [3.05, 3.63) is 23.8 Å². The second kappa shape index (κ2) is 10.5. The van der Waals surface area contributed by atoms with Crippen LogP contribution < -0.4 is 10.1 Å². The number of aliphatic hydroxyl groups excluding tert-OH is 1. The Balaban J connectivity index is 1.97. The molecule has 0 radical (unpaired) electrons. The number of nitrogens with one attached hydrogen (secondary N) is 1. The molecule has 1 fully saturated rings. The molecule has 3 atom stereocenters. The first kappa shape index (κ1) is 23.5. The fourth-order valence-electron chi connectivity index (χ4n) is 4.52. The quantitative estimate of drug-likeness (QED) is 0.724. The fourth-order valence-corrected chi connectivity index (χ4v) is 4.52.